The third-order valence-corrected chi connectivity index (χ3v) is 7.74. The number of carbonyl (C=O) groups excluding carboxylic acids is 3. The van der Waals surface area contributed by atoms with Crippen molar-refractivity contribution in [3.63, 3.8) is 0 Å². The lowest BCUT2D eigenvalue weighted by molar-refractivity contribution is -0.143. The van der Waals surface area contributed by atoms with Crippen LogP contribution in [0.3, 0.4) is 0 Å². The van der Waals surface area contributed by atoms with E-state index in [9.17, 15) is 14.4 Å². The van der Waals surface area contributed by atoms with Crippen molar-refractivity contribution in [2.24, 2.45) is 11.8 Å². The van der Waals surface area contributed by atoms with E-state index in [1.165, 1.54) is 12.0 Å². The van der Waals surface area contributed by atoms with Gasteiger partial charge < -0.3 is 15.0 Å². The molecule has 4 atom stereocenters. The molecule has 0 aliphatic carbocycles. The SMILES string of the molecule is COCCN1C(=O)[C@@H]2[C@@H](C1=O)[C@@]1(N[C@@H]2Cc2c[nH]c3ccccc23)C(=O)Nc2c(Cl)cccc21. The van der Waals surface area contributed by atoms with E-state index in [0.29, 0.717) is 22.7 Å². The molecule has 3 amide bonds. The number of hydrogen-bond donors (Lipinski definition) is 3. The van der Waals surface area contributed by atoms with E-state index < -0.39 is 23.4 Å². The summed E-state index contributed by atoms with van der Waals surface area (Å²) in [5, 5.41) is 7.77. The summed E-state index contributed by atoms with van der Waals surface area (Å²) in [7, 11) is 1.53. The standard InChI is InChI=1S/C25H23ClN4O4/c1-34-10-9-30-22(31)19-18(11-13-12-27-17-8-3-2-5-14(13)17)29-25(20(19)23(30)32)15-6-4-7-16(26)21(15)28-24(25)33/h2-8,12,18-20,27,29H,9-11H2,1H3,(H,28,33)/t18-,19+,20+,25-/m1/s1. The van der Waals surface area contributed by atoms with Gasteiger partial charge in [0.15, 0.2) is 0 Å². The van der Waals surface area contributed by atoms with Gasteiger partial charge in [-0.3, -0.25) is 24.6 Å². The Kier molecular flexibility index (Phi) is 4.81. The highest BCUT2D eigenvalue weighted by Gasteiger charge is 2.70. The number of H-pyrrole nitrogens is 1. The number of nitrogens with one attached hydrogen (secondary N) is 3. The topological polar surface area (TPSA) is 104 Å². The van der Waals surface area contributed by atoms with Crippen LogP contribution in [0.1, 0.15) is 11.1 Å². The number of nitrogens with zero attached hydrogens (tertiary/aromatic N) is 1. The van der Waals surface area contributed by atoms with Crippen molar-refractivity contribution in [3.8, 4) is 0 Å². The van der Waals surface area contributed by atoms with E-state index in [2.05, 4.69) is 15.6 Å². The number of anilines is 1. The molecule has 1 aromatic heterocycles. The second kappa shape index (κ2) is 7.66. The number of imide groups is 1. The minimum absolute atomic E-state index is 0.154. The maximum Gasteiger partial charge on any atom is 0.250 e. The summed E-state index contributed by atoms with van der Waals surface area (Å²) < 4.78 is 5.13. The van der Waals surface area contributed by atoms with Crippen LogP contribution in [-0.4, -0.2) is 53.9 Å². The molecular weight excluding hydrogens is 456 g/mol. The Labute approximate surface area is 200 Å². The van der Waals surface area contributed by atoms with Crippen molar-refractivity contribution in [3.05, 3.63) is 64.8 Å². The van der Waals surface area contributed by atoms with Gasteiger partial charge in [0.05, 0.1) is 35.7 Å². The number of halogens is 1. The minimum atomic E-state index is -1.36. The first-order valence-corrected chi connectivity index (χ1v) is 11.6. The number of rotatable bonds is 5. The van der Waals surface area contributed by atoms with Crippen LogP contribution in [0.15, 0.2) is 48.7 Å². The zero-order chi connectivity index (χ0) is 23.6. The van der Waals surface area contributed by atoms with Gasteiger partial charge in [0.1, 0.15) is 5.54 Å². The van der Waals surface area contributed by atoms with Crippen LogP contribution in [0.4, 0.5) is 5.69 Å². The van der Waals surface area contributed by atoms with Gasteiger partial charge in [0.2, 0.25) is 17.7 Å². The minimum Gasteiger partial charge on any atom is -0.383 e. The molecule has 3 aliphatic rings. The lowest BCUT2D eigenvalue weighted by atomic mass is 9.76. The van der Waals surface area contributed by atoms with E-state index in [0.717, 1.165) is 16.5 Å². The molecule has 1 spiro atoms. The number of benzene rings is 2. The summed E-state index contributed by atoms with van der Waals surface area (Å²) in [6.07, 6.45) is 2.41. The summed E-state index contributed by atoms with van der Waals surface area (Å²) in [5.41, 5.74) is 1.74. The van der Waals surface area contributed by atoms with Crippen molar-refractivity contribution >= 4 is 45.9 Å². The zero-order valence-corrected chi connectivity index (χ0v) is 19.2. The Balaban J connectivity index is 1.47. The number of ether oxygens (including phenoxy) is 1. The Morgan fingerprint density at radius 2 is 1.91 bits per heavy atom. The van der Waals surface area contributed by atoms with Crippen LogP contribution >= 0.6 is 11.6 Å². The Bertz CT molecular complexity index is 1350. The first-order valence-electron chi connectivity index (χ1n) is 11.2. The van der Waals surface area contributed by atoms with Gasteiger partial charge in [-0.25, -0.2) is 0 Å². The van der Waals surface area contributed by atoms with Crippen molar-refractivity contribution in [1.29, 1.82) is 0 Å². The summed E-state index contributed by atoms with van der Waals surface area (Å²) >= 11 is 6.39. The third kappa shape index (κ3) is 2.76. The van der Waals surface area contributed by atoms with Crippen molar-refractivity contribution in [1.82, 2.24) is 15.2 Å². The molecule has 3 aromatic rings. The molecule has 0 radical (unpaired) electrons. The van der Waals surface area contributed by atoms with E-state index in [-0.39, 0.29) is 30.9 Å². The van der Waals surface area contributed by atoms with E-state index in [1.54, 1.807) is 18.2 Å². The average molecular weight is 479 g/mol. The number of aromatic amines is 1. The molecule has 0 unspecified atom stereocenters. The molecule has 3 N–H and O–H groups in total. The molecule has 0 bridgehead atoms. The van der Waals surface area contributed by atoms with Crippen LogP contribution in [0.5, 0.6) is 0 Å². The second-order valence-corrected chi connectivity index (χ2v) is 9.47. The highest BCUT2D eigenvalue weighted by atomic mass is 35.5. The first-order chi connectivity index (χ1) is 16.5. The van der Waals surface area contributed by atoms with E-state index in [1.807, 2.05) is 30.5 Å². The lowest BCUT2D eigenvalue weighted by Gasteiger charge is -2.29. The van der Waals surface area contributed by atoms with Gasteiger partial charge in [-0.15, -0.1) is 0 Å². The number of para-hydroxylation sites is 2. The molecular formula is C25H23ClN4O4. The van der Waals surface area contributed by atoms with Crippen LogP contribution in [0, 0.1) is 11.8 Å². The number of methoxy groups -OCH3 is 1. The fraction of sp³-hybridized carbons (Fsp3) is 0.320. The van der Waals surface area contributed by atoms with Gasteiger partial charge in [-0.1, -0.05) is 41.9 Å². The number of likely N-dealkylation sites (tertiary alicyclic amines) is 1. The van der Waals surface area contributed by atoms with Crippen molar-refractivity contribution in [2.75, 3.05) is 25.6 Å². The number of carbonyl (C=O) groups is 3. The molecule has 4 heterocycles. The molecule has 174 valence electrons. The van der Waals surface area contributed by atoms with Gasteiger partial charge in [-0.2, -0.15) is 0 Å². The zero-order valence-electron chi connectivity index (χ0n) is 18.4. The third-order valence-electron chi connectivity index (χ3n) is 7.42. The molecule has 3 aliphatic heterocycles. The average Bonchev–Trinajstić information content (AvgIpc) is 3.54. The molecule has 2 aromatic carbocycles. The van der Waals surface area contributed by atoms with Crippen LogP contribution in [0.25, 0.3) is 10.9 Å². The normalized spacial score (nSPS) is 27.6. The highest BCUT2D eigenvalue weighted by molar-refractivity contribution is 6.35. The van der Waals surface area contributed by atoms with Gasteiger partial charge in [-0.05, 0) is 24.1 Å². The van der Waals surface area contributed by atoms with Crippen LogP contribution in [-0.2, 0) is 31.1 Å². The van der Waals surface area contributed by atoms with E-state index >= 15 is 0 Å². The van der Waals surface area contributed by atoms with Crippen LogP contribution < -0.4 is 10.6 Å². The lowest BCUT2D eigenvalue weighted by Crippen LogP contribution is -2.53. The molecule has 2 fully saturated rings. The van der Waals surface area contributed by atoms with Crippen molar-refractivity contribution in [2.45, 2.75) is 18.0 Å². The quantitative estimate of drug-likeness (QED) is 0.489. The predicted molar refractivity (Wildman–Crippen MR) is 126 cm³/mol. The Morgan fingerprint density at radius 1 is 1.09 bits per heavy atom. The molecule has 6 rings (SSSR count). The fourth-order valence-electron chi connectivity index (χ4n) is 5.97. The van der Waals surface area contributed by atoms with Gasteiger partial charge >= 0.3 is 0 Å². The number of fused-ring (bicyclic) bond motifs is 5. The smallest absolute Gasteiger partial charge is 0.250 e. The maximum absolute atomic E-state index is 13.7. The predicted octanol–water partition coefficient (Wildman–Crippen LogP) is 2.43. The molecule has 9 heteroatoms. The summed E-state index contributed by atoms with van der Waals surface area (Å²) in [6, 6.07) is 12.8. The monoisotopic (exact) mass is 478 g/mol. The molecule has 34 heavy (non-hydrogen) atoms. The maximum atomic E-state index is 13.7. The first kappa shape index (κ1) is 21.3. The van der Waals surface area contributed by atoms with Gasteiger partial charge in [0, 0.05) is 35.8 Å². The van der Waals surface area contributed by atoms with Crippen LogP contribution in [0.2, 0.25) is 5.02 Å². The summed E-state index contributed by atoms with van der Waals surface area (Å²) in [4.78, 5) is 45.3. The highest BCUT2D eigenvalue weighted by Crippen LogP contribution is 2.54. The fourth-order valence-corrected chi connectivity index (χ4v) is 6.19. The number of hydrogen-bond acceptors (Lipinski definition) is 5. The number of aromatic nitrogens is 1. The Hall–Kier alpha value is -3.20. The molecule has 2 saturated heterocycles. The second-order valence-electron chi connectivity index (χ2n) is 9.06. The van der Waals surface area contributed by atoms with Crippen molar-refractivity contribution < 1.29 is 19.1 Å². The largest absolute Gasteiger partial charge is 0.383 e. The van der Waals surface area contributed by atoms with E-state index in [4.69, 9.17) is 16.3 Å². The molecule has 8 nitrogen and oxygen atoms in total. The Morgan fingerprint density at radius 3 is 2.74 bits per heavy atom. The summed E-state index contributed by atoms with van der Waals surface area (Å²) in [6.45, 7) is 0.389. The summed E-state index contributed by atoms with van der Waals surface area (Å²) in [5.74, 6) is -2.55. The number of amides is 3. The molecule has 0 saturated carbocycles. The van der Waals surface area contributed by atoms with Gasteiger partial charge in [0.25, 0.3) is 0 Å².